The summed E-state index contributed by atoms with van der Waals surface area (Å²) in [6.07, 6.45) is 4.66. The number of nitrogens with one attached hydrogen (secondary N) is 2. The van der Waals surface area contributed by atoms with Gasteiger partial charge >= 0.3 is 6.03 Å². The molecule has 0 aromatic heterocycles. The summed E-state index contributed by atoms with van der Waals surface area (Å²) in [6, 6.07) is 1.48. The molecule has 0 aromatic rings. The molecule has 2 aliphatic rings. The number of amides is 3. The summed E-state index contributed by atoms with van der Waals surface area (Å²) < 4.78 is 5.32. The zero-order valence-electron chi connectivity index (χ0n) is 19.8. The molecule has 2 saturated heterocycles. The first-order chi connectivity index (χ1) is 14.7. The highest BCUT2D eigenvalue weighted by molar-refractivity contribution is 5.87. The molecular formula is C23H41N5O3. The van der Waals surface area contributed by atoms with E-state index in [-0.39, 0.29) is 17.4 Å². The maximum atomic E-state index is 13.3. The molecule has 0 saturated carbocycles. The topological polar surface area (TPSA) is 97.7 Å². The molecule has 2 heterocycles. The highest BCUT2D eigenvalue weighted by atomic mass is 16.5. The number of urea groups is 1. The van der Waals surface area contributed by atoms with E-state index >= 15 is 0 Å². The van der Waals surface area contributed by atoms with E-state index in [0.29, 0.717) is 45.6 Å². The SMILES string of the molecule is CCCN1CCC(C#N)(NC(=O)[C@H](CCC(C)(C)CC)NC(=O)N2CCOCC2)CC1. The predicted molar refractivity (Wildman–Crippen MR) is 120 cm³/mol. The van der Waals surface area contributed by atoms with E-state index < -0.39 is 11.6 Å². The van der Waals surface area contributed by atoms with Crippen LogP contribution in [0.25, 0.3) is 0 Å². The quantitative estimate of drug-likeness (QED) is 0.580. The van der Waals surface area contributed by atoms with E-state index in [1.807, 2.05) is 0 Å². The number of morpholine rings is 1. The predicted octanol–water partition coefficient (Wildman–Crippen LogP) is 2.50. The molecule has 1 atom stereocenters. The van der Waals surface area contributed by atoms with Crippen molar-refractivity contribution in [2.24, 2.45) is 5.41 Å². The van der Waals surface area contributed by atoms with Crippen LogP contribution in [-0.4, -0.2) is 79.3 Å². The zero-order chi connectivity index (χ0) is 22.9. The first-order valence-corrected chi connectivity index (χ1v) is 11.8. The van der Waals surface area contributed by atoms with Gasteiger partial charge in [0, 0.05) is 26.2 Å². The Hall–Kier alpha value is -1.85. The smallest absolute Gasteiger partial charge is 0.318 e. The van der Waals surface area contributed by atoms with Crippen LogP contribution in [0.15, 0.2) is 0 Å². The van der Waals surface area contributed by atoms with Crippen LogP contribution in [0.2, 0.25) is 0 Å². The average molecular weight is 436 g/mol. The Labute approximate surface area is 187 Å². The summed E-state index contributed by atoms with van der Waals surface area (Å²) in [6.45, 7) is 13.3. The third kappa shape index (κ3) is 7.65. The van der Waals surface area contributed by atoms with E-state index in [0.717, 1.165) is 38.9 Å². The number of piperidine rings is 1. The number of carbonyl (C=O) groups is 2. The highest BCUT2D eigenvalue weighted by Crippen LogP contribution is 2.27. The summed E-state index contributed by atoms with van der Waals surface area (Å²) in [5.41, 5.74) is -0.774. The molecule has 8 heteroatoms. The molecule has 0 spiro atoms. The number of hydrogen-bond acceptors (Lipinski definition) is 5. The number of rotatable bonds is 9. The number of ether oxygens (including phenoxy) is 1. The van der Waals surface area contributed by atoms with Crippen molar-refractivity contribution in [3.8, 4) is 6.07 Å². The number of hydrogen-bond donors (Lipinski definition) is 2. The summed E-state index contributed by atoms with van der Waals surface area (Å²) >= 11 is 0. The first-order valence-electron chi connectivity index (χ1n) is 11.8. The van der Waals surface area contributed by atoms with E-state index in [2.05, 4.69) is 49.3 Å². The van der Waals surface area contributed by atoms with Gasteiger partial charge in [-0.05, 0) is 44.1 Å². The first kappa shape index (κ1) is 25.4. The molecule has 2 aliphatic heterocycles. The molecule has 2 fully saturated rings. The van der Waals surface area contributed by atoms with Gasteiger partial charge in [-0.3, -0.25) is 4.79 Å². The molecule has 8 nitrogen and oxygen atoms in total. The Kier molecular flexibility index (Phi) is 9.57. The van der Waals surface area contributed by atoms with Gasteiger partial charge in [-0.1, -0.05) is 34.1 Å². The maximum Gasteiger partial charge on any atom is 0.318 e. The van der Waals surface area contributed by atoms with Crippen molar-refractivity contribution in [2.75, 3.05) is 45.9 Å². The lowest BCUT2D eigenvalue weighted by Gasteiger charge is -2.38. The van der Waals surface area contributed by atoms with E-state index in [1.54, 1.807) is 4.90 Å². The molecule has 2 rings (SSSR count). The Morgan fingerprint density at radius 2 is 1.81 bits per heavy atom. The number of carbonyl (C=O) groups excluding carboxylic acids is 2. The highest BCUT2D eigenvalue weighted by Gasteiger charge is 2.38. The third-order valence-electron chi connectivity index (χ3n) is 6.81. The van der Waals surface area contributed by atoms with Crippen LogP contribution >= 0.6 is 0 Å². The Morgan fingerprint density at radius 1 is 1.16 bits per heavy atom. The minimum atomic E-state index is -0.858. The van der Waals surface area contributed by atoms with Crippen molar-refractivity contribution < 1.29 is 14.3 Å². The Morgan fingerprint density at radius 3 is 2.35 bits per heavy atom. The van der Waals surface area contributed by atoms with Gasteiger partial charge in [0.05, 0.1) is 19.3 Å². The number of likely N-dealkylation sites (tertiary alicyclic amines) is 1. The fraction of sp³-hybridized carbons (Fsp3) is 0.870. The standard InChI is InChI=1S/C23H41N5O3/c1-5-11-27-12-9-23(18-24,10-13-27)26-20(29)19(7-8-22(3,4)6-2)25-21(30)28-14-16-31-17-15-28/h19H,5-17H2,1-4H3,(H,25,30)(H,26,29)/t19-/m0/s1. The fourth-order valence-corrected chi connectivity index (χ4v) is 4.05. The van der Waals surface area contributed by atoms with Crippen molar-refractivity contribution >= 4 is 11.9 Å². The fourth-order valence-electron chi connectivity index (χ4n) is 4.05. The van der Waals surface area contributed by atoms with Crippen LogP contribution in [0.5, 0.6) is 0 Å². The molecule has 0 bridgehead atoms. The zero-order valence-corrected chi connectivity index (χ0v) is 19.8. The summed E-state index contributed by atoms with van der Waals surface area (Å²) in [7, 11) is 0. The summed E-state index contributed by atoms with van der Waals surface area (Å²) in [4.78, 5) is 30.1. The van der Waals surface area contributed by atoms with E-state index in [4.69, 9.17) is 4.74 Å². The van der Waals surface area contributed by atoms with Crippen molar-refractivity contribution in [3.05, 3.63) is 0 Å². The molecule has 31 heavy (non-hydrogen) atoms. The lowest BCUT2D eigenvalue weighted by Crippen LogP contribution is -2.60. The largest absolute Gasteiger partial charge is 0.378 e. The Bertz CT molecular complexity index is 632. The van der Waals surface area contributed by atoms with Crippen LogP contribution in [-0.2, 0) is 9.53 Å². The Balaban J connectivity index is 2.05. The summed E-state index contributed by atoms with van der Waals surface area (Å²) in [5.74, 6) is -0.251. The van der Waals surface area contributed by atoms with Crippen molar-refractivity contribution in [1.82, 2.24) is 20.4 Å². The van der Waals surface area contributed by atoms with Crippen LogP contribution in [0, 0.1) is 16.7 Å². The molecule has 0 aromatic carbocycles. The second-order valence-electron chi connectivity index (χ2n) is 9.68. The third-order valence-corrected chi connectivity index (χ3v) is 6.81. The van der Waals surface area contributed by atoms with Gasteiger partial charge in [-0.2, -0.15) is 5.26 Å². The van der Waals surface area contributed by atoms with Crippen LogP contribution in [0.1, 0.15) is 66.2 Å². The van der Waals surface area contributed by atoms with E-state index in [9.17, 15) is 14.9 Å². The minimum Gasteiger partial charge on any atom is -0.378 e. The second-order valence-corrected chi connectivity index (χ2v) is 9.68. The van der Waals surface area contributed by atoms with Gasteiger partial charge in [-0.25, -0.2) is 4.79 Å². The van der Waals surface area contributed by atoms with E-state index in [1.165, 1.54) is 0 Å². The average Bonchev–Trinajstić information content (AvgIpc) is 2.78. The molecule has 3 amide bonds. The second kappa shape index (κ2) is 11.7. The van der Waals surface area contributed by atoms with Gasteiger partial charge in [0.2, 0.25) is 5.91 Å². The molecule has 2 N–H and O–H groups in total. The van der Waals surface area contributed by atoms with Crippen LogP contribution in [0.4, 0.5) is 4.79 Å². The minimum absolute atomic E-state index is 0.0840. The van der Waals surface area contributed by atoms with Crippen molar-refractivity contribution in [3.63, 3.8) is 0 Å². The number of nitrogens with zero attached hydrogens (tertiary/aromatic N) is 3. The summed E-state index contributed by atoms with van der Waals surface area (Å²) in [5, 5.41) is 15.8. The van der Waals surface area contributed by atoms with Gasteiger partial charge in [0.15, 0.2) is 0 Å². The molecular weight excluding hydrogens is 394 g/mol. The molecule has 0 aliphatic carbocycles. The molecule has 0 unspecified atom stereocenters. The number of nitriles is 1. The maximum absolute atomic E-state index is 13.3. The van der Waals surface area contributed by atoms with Gasteiger partial charge in [0.25, 0.3) is 0 Å². The van der Waals surface area contributed by atoms with Gasteiger partial charge < -0.3 is 25.2 Å². The molecule has 0 radical (unpaired) electrons. The van der Waals surface area contributed by atoms with Crippen molar-refractivity contribution in [1.29, 1.82) is 5.26 Å². The van der Waals surface area contributed by atoms with Crippen LogP contribution < -0.4 is 10.6 Å². The monoisotopic (exact) mass is 435 g/mol. The van der Waals surface area contributed by atoms with Crippen molar-refractivity contribution in [2.45, 2.75) is 77.8 Å². The lowest BCUT2D eigenvalue weighted by molar-refractivity contribution is -0.125. The van der Waals surface area contributed by atoms with Gasteiger partial charge in [-0.15, -0.1) is 0 Å². The normalized spacial score (nSPS) is 20.5. The molecule has 176 valence electrons. The van der Waals surface area contributed by atoms with Crippen LogP contribution in [0.3, 0.4) is 0 Å². The van der Waals surface area contributed by atoms with Gasteiger partial charge in [0.1, 0.15) is 11.6 Å². The lowest BCUT2D eigenvalue weighted by atomic mass is 9.83.